The van der Waals surface area contributed by atoms with Crippen molar-refractivity contribution in [3.8, 4) is 5.75 Å². The normalized spacial score (nSPS) is 15.9. The average Bonchev–Trinajstić information content (AvgIpc) is 2.94. The third-order valence-corrected chi connectivity index (χ3v) is 6.33. The number of aromatic hydroxyl groups is 1. The van der Waals surface area contributed by atoms with Crippen molar-refractivity contribution in [2.45, 2.75) is 45.1 Å². The van der Waals surface area contributed by atoms with Gasteiger partial charge in [-0.2, -0.15) is 0 Å². The first-order chi connectivity index (χ1) is 11.6. The van der Waals surface area contributed by atoms with Crippen molar-refractivity contribution in [2.24, 2.45) is 0 Å². The monoisotopic (exact) mass is 357 g/mol. The highest BCUT2D eigenvalue weighted by molar-refractivity contribution is 7.81. The van der Waals surface area contributed by atoms with E-state index < -0.39 is 0 Å². The Morgan fingerprint density at radius 2 is 2.00 bits per heavy atom. The molecule has 3 nitrogen and oxygen atoms in total. The van der Waals surface area contributed by atoms with Gasteiger partial charge in [-0.15, -0.1) is 11.3 Å². The molecule has 0 atom stereocenters. The van der Waals surface area contributed by atoms with Gasteiger partial charge < -0.3 is 9.84 Å². The Kier molecular flexibility index (Phi) is 4.14. The predicted octanol–water partition coefficient (Wildman–Crippen LogP) is 5.49. The topological polar surface area (TPSA) is 42.4 Å². The molecule has 2 aromatic heterocycles. The first-order valence-electron chi connectivity index (χ1n) is 8.37. The number of ether oxygens (including phenoxy) is 1. The maximum atomic E-state index is 10.7. The van der Waals surface area contributed by atoms with Gasteiger partial charge in [-0.1, -0.05) is 24.6 Å². The van der Waals surface area contributed by atoms with E-state index in [1.165, 1.54) is 30.6 Å². The lowest BCUT2D eigenvalue weighted by atomic mass is 9.98. The second-order valence-electron chi connectivity index (χ2n) is 6.36. The summed E-state index contributed by atoms with van der Waals surface area (Å²) >= 11 is 7.01. The quantitative estimate of drug-likeness (QED) is 0.616. The molecule has 5 heteroatoms. The van der Waals surface area contributed by atoms with Gasteiger partial charge in [0.25, 0.3) is 0 Å². The van der Waals surface area contributed by atoms with E-state index in [2.05, 4.69) is 4.98 Å². The minimum Gasteiger partial charge on any atom is -0.506 e. The molecular formula is C19H19NO2S2. The smallest absolute Gasteiger partial charge is 0.205 e. The van der Waals surface area contributed by atoms with Gasteiger partial charge in [0.1, 0.15) is 10.6 Å². The second-order valence-corrected chi connectivity index (χ2v) is 7.76. The summed E-state index contributed by atoms with van der Waals surface area (Å²) in [6.07, 6.45) is 5.95. The largest absolute Gasteiger partial charge is 0.506 e. The van der Waals surface area contributed by atoms with Gasteiger partial charge in [-0.05, 0) is 50.9 Å². The van der Waals surface area contributed by atoms with Crippen molar-refractivity contribution in [1.29, 1.82) is 0 Å². The highest BCUT2D eigenvalue weighted by Gasteiger charge is 2.23. The van der Waals surface area contributed by atoms with Crippen LogP contribution in [0.5, 0.6) is 5.75 Å². The van der Waals surface area contributed by atoms with Crippen LogP contribution in [0.4, 0.5) is 0 Å². The molecule has 3 aromatic rings. The van der Waals surface area contributed by atoms with Crippen LogP contribution >= 0.6 is 23.6 Å². The molecule has 0 spiro atoms. The Balaban J connectivity index is 1.78. The van der Waals surface area contributed by atoms with E-state index in [9.17, 15) is 5.11 Å². The number of nitrogens with zero attached hydrogens (tertiary/aromatic N) is 1. The molecule has 124 valence electrons. The molecule has 0 saturated heterocycles. The molecule has 1 N–H and O–H groups in total. The fraction of sp³-hybridized carbons (Fsp3) is 0.368. The Bertz CT molecular complexity index is 926. The van der Waals surface area contributed by atoms with Crippen LogP contribution in [0.15, 0.2) is 24.3 Å². The lowest BCUT2D eigenvalue weighted by molar-refractivity contribution is 0.148. The number of para-hydroxylation sites is 1. The predicted molar refractivity (Wildman–Crippen MR) is 103 cm³/mol. The van der Waals surface area contributed by atoms with E-state index in [0.29, 0.717) is 9.93 Å². The summed E-state index contributed by atoms with van der Waals surface area (Å²) in [7, 11) is 0. The van der Waals surface area contributed by atoms with Gasteiger partial charge in [0.05, 0.1) is 27.4 Å². The van der Waals surface area contributed by atoms with Crippen LogP contribution in [0, 0.1) is 6.92 Å². The van der Waals surface area contributed by atoms with E-state index in [-0.39, 0.29) is 11.9 Å². The average molecular weight is 358 g/mol. The zero-order chi connectivity index (χ0) is 16.7. The SMILES string of the molecule is Cc1nc2ccccc2c2sc(C(=S)OC3CCCCC3)c(O)c12. The van der Waals surface area contributed by atoms with Crippen molar-refractivity contribution in [1.82, 2.24) is 4.98 Å². The third kappa shape index (κ3) is 2.66. The van der Waals surface area contributed by atoms with Crippen LogP contribution in [0.3, 0.4) is 0 Å². The number of aromatic nitrogens is 1. The molecule has 0 aliphatic heterocycles. The van der Waals surface area contributed by atoms with Gasteiger partial charge >= 0.3 is 0 Å². The molecule has 1 aromatic carbocycles. The molecule has 1 aliphatic rings. The summed E-state index contributed by atoms with van der Waals surface area (Å²) in [5.74, 6) is 0.214. The van der Waals surface area contributed by atoms with Crippen molar-refractivity contribution >= 4 is 49.6 Å². The number of benzene rings is 1. The first kappa shape index (κ1) is 15.8. The van der Waals surface area contributed by atoms with E-state index in [1.807, 2.05) is 31.2 Å². The first-order valence-corrected chi connectivity index (χ1v) is 9.59. The van der Waals surface area contributed by atoms with E-state index >= 15 is 0 Å². The van der Waals surface area contributed by atoms with Gasteiger partial charge in [0.15, 0.2) is 0 Å². The van der Waals surface area contributed by atoms with Crippen molar-refractivity contribution in [2.75, 3.05) is 0 Å². The molecule has 0 amide bonds. The summed E-state index contributed by atoms with van der Waals surface area (Å²) in [6, 6.07) is 8.00. The number of hydrogen-bond donors (Lipinski definition) is 1. The molecule has 1 saturated carbocycles. The lowest BCUT2D eigenvalue weighted by Gasteiger charge is -2.22. The van der Waals surface area contributed by atoms with E-state index in [1.54, 1.807) is 0 Å². The number of thiocarbonyl (C=S) groups is 1. The minimum absolute atomic E-state index is 0.187. The molecule has 0 unspecified atom stereocenters. The number of pyridine rings is 1. The van der Waals surface area contributed by atoms with E-state index in [0.717, 1.165) is 39.5 Å². The van der Waals surface area contributed by atoms with Gasteiger partial charge in [0.2, 0.25) is 5.05 Å². The highest BCUT2D eigenvalue weighted by atomic mass is 32.1. The van der Waals surface area contributed by atoms with Crippen LogP contribution in [-0.4, -0.2) is 21.2 Å². The number of hydrogen-bond acceptors (Lipinski definition) is 5. The fourth-order valence-corrected chi connectivity index (χ4v) is 4.99. The second kappa shape index (κ2) is 6.30. The maximum absolute atomic E-state index is 10.7. The summed E-state index contributed by atoms with van der Waals surface area (Å²) < 4.78 is 7.03. The van der Waals surface area contributed by atoms with Crippen LogP contribution in [-0.2, 0) is 4.74 Å². The third-order valence-electron chi connectivity index (χ3n) is 4.69. The van der Waals surface area contributed by atoms with Crippen LogP contribution in [0.1, 0.15) is 42.7 Å². The Morgan fingerprint density at radius 1 is 1.25 bits per heavy atom. The minimum atomic E-state index is 0.187. The van der Waals surface area contributed by atoms with Crippen LogP contribution in [0.2, 0.25) is 0 Å². The number of fused-ring (bicyclic) bond motifs is 3. The van der Waals surface area contributed by atoms with Crippen molar-refractivity contribution in [3.63, 3.8) is 0 Å². The lowest BCUT2D eigenvalue weighted by Crippen LogP contribution is -2.19. The standard InChI is InChI=1S/C19H19NO2S2/c1-11-15-16(21)18(19(23)22-12-7-3-2-4-8-12)24-17(15)13-9-5-6-10-14(13)20-11/h5-6,9-10,12,21H,2-4,7-8H2,1H3. The number of rotatable bonds is 2. The van der Waals surface area contributed by atoms with Gasteiger partial charge in [-0.25, -0.2) is 0 Å². The highest BCUT2D eigenvalue weighted by Crippen LogP contribution is 2.42. The molecule has 1 fully saturated rings. The summed E-state index contributed by atoms with van der Waals surface area (Å²) in [6.45, 7) is 1.93. The molecular weight excluding hydrogens is 338 g/mol. The maximum Gasteiger partial charge on any atom is 0.205 e. The van der Waals surface area contributed by atoms with Gasteiger partial charge in [0, 0.05) is 5.39 Å². The zero-order valence-electron chi connectivity index (χ0n) is 13.5. The van der Waals surface area contributed by atoms with E-state index in [4.69, 9.17) is 17.0 Å². The molecule has 1 aliphatic carbocycles. The molecule has 2 heterocycles. The van der Waals surface area contributed by atoms with Crippen LogP contribution in [0.25, 0.3) is 21.0 Å². The summed E-state index contributed by atoms with van der Waals surface area (Å²) in [4.78, 5) is 5.27. The van der Waals surface area contributed by atoms with Crippen molar-refractivity contribution < 1.29 is 9.84 Å². The summed E-state index contributed by atoms with van der Waals surface area (Å²) in [5.41, 5.74) is 1.76. The molecule has 24 heavy (non-hydrogen) atoms. The van der Waals surface area contributed by atoms with Crippen molar-refractivity contribution in [3.05, 3.63) is 34.8 Å². The summed E-state index contributed by atoms with van der Waals surface area (Å²) in [5, 5.41) is 13.0. The Hall–Kier alpha value is -1.72. The molecule has 0 radical (unpaired) electrons. The fourth-order valence-electron chi connectivity index (χ4n) is 3.47. The molecule has 0 bridgehead atoms. The number of aryl methyl sites for hydroxylation is 1. The Morgan fingerprint density at radius 3 is 2.79 bits per heavy atom. The Labute approximate surface area is 150 Å². The number of thiophene rings is 1. The zero-order valence-corrected chi connectivity index (χ0v) is 15.2. The van der Waals surface area contributed by atoms with Crippen LogP contribution < -0.4 is 0 Å². The molecule has 4 rings (SSSR count). The van der Waals surface area contributed by atoms with Gasteiger partial charge in [-0.3, -0.25) is 4.98 Å².